The highest BCUT2D eigenvalue weighted by molar-refractivity contribution is 9.10. The minimum absolute atomic E-state index is 0.254. The molecule has 3 aromatic heterocycles. The van der Waals surface area contributed by atoms with E-state index < -0.39 is 0 Å². The highest BCUT2D eigenvalue weighted by Gasteiger charge is 2.12. The number of hydrogen-bond acceptors (Lipinski definition) is 7. The van der Waals surface area contributed by atoms with E-state index in [1.54, 1.807) is 30.1 Å². The number of carbonyl (C=O) groups excluding carboxylic acids is 1. The molecule has 0 spiro atoms. The average molecular weight is 409 g/mol. The number of amides is 1. The highest BCUT2D eigenvalue weighted by Crippen LogP contribution is 2.18. The van der Waals surface area contributed by atoms with E-state index in [9.17, 15) is 4.79 Å². The number of anilines is 1. The number of nitrogens with zero attached hydrogens (tertiary/aromatic N) is 4. The van der Waals surface area contributed by atoms with Gasteiger partial charge in [-0.25, -0.2) is 14.6 Å². The summed E-state index contributed by atoms with van der Waals surface area (Å²) in [7, 11) is 1.64. The van der Waals surface area contributed by atoms with Crippen molar-refractivity contribution in [1.29, 1.82) is 0 Å². The van der Waals surface area contributed by atoms with Gasteiger partial charge >= 0.3 is 0 Å². The lowest BCUT2D eigenvalue weighted by Crippen LogP contribution is -2.27. The van der Waals surface area contributed by atoms with Crippen molar-refractivity contribution in [3.05, 3.63) is 35.1 Å². The number of nitrogens with one attached hydrogen (secondary N) is 2. The summed E-state index contributed by atoms with van der Waals surface area (Å²) in [5.74, 6) is 0.681. The van der Waals surface area contributed by atoms with Crippen LogP contribution in [0, 0.1) is 0 Å². The number of ether oxygens (including phenoxy) is 1. The molecule has 25 heavy (non-hydrogen) atoms. The Bertz CT molecular complexity index is 862. The van der Waals surface area contributed by atoms with Crippen LogP contribution in [0.3, 0.4) is 0 Å². The number of fused-ring (bicyclic) bond motifs is 1. The molecule has 3 rings (SSSR count). The highest BCUT2D eigenvalue weighted by atomic mass is 79.9. The summed E-state index contributed by atoms with van der Waals surface area (Å²) < 4.78 is 12.5. The van der Waals surface area contributed by atoms with Gasteiger partial charge in [-0.3, -0.25) is 4.79 Å². The average Bonchev–Trinajstić information content (AvgIpc) is 3.22. The van der Waals surface area contributed by atoms with Crippen LogP contribution in [0.1, 0.15) is 10.6 Å². The molecule has 0 radical (unpaired) electrons. The Morgan fingerprint density at radius 1 is 1.36 bits per heavy atom. The Kier molecular flexibility index (Phi) is 5.61. The van der Waals surface area contributed by atoms with E-state index in [4.69, 9.17) is 9.15 Å². The maximum absolute atomic E-state index is 11.9. The molecular formula is C15H17BrN6O3. The van der Waals surface area contributed by atoms with E-state index in [1.807, 2.05) is 0 Å². The molecule has 0 aliphatic carbocycles. The van der Waals surface area contributed by atoms with Crippen LogP contribution >= 0.6 is 15.9 Å². The van der Waals surface area contributed by atoms with Crippen LogP contribution < -0.4 is 10.6 Å². The van der Waals surface area contributed by atoms with E-state index in [0.29, 0.717) is 42.4 Å². The van der Waals surface area contributed by atoms with Gasteiger partial charge in [0, 0.05) is 20.2 Å². The van der Waals surface area contributed by atoms with Gasteiger partial charge in [0.25, 0.3) is 5.91 Å². The fourth-order valence-electron chi connectivity index (χ4n) is 2.27. The number of furan rings is 1. The number of methoxy groups -OCH3 is 1. The molecule has 10 heteroatoms. The molecule has 132 valence electrons. The first kappa shape index (κ1) is 17.4. The van der Waals surface area contributed by atoms with Crippen molar-refractivity contribution in [3.63, 3.8) is 0 Å². The van der Waals surface area contributed by atoms with E-state index in [2.05, 4.69) is 41.6 Å². The van der Waals surface area contributed by atoms with Crippen LogP contribution in [0.25, 0.3) is 11.0 Å². The van der Waals surface area contributed by atoms with Crippen molar-refractivity contribution < 1.29 is 13.9 Å². The maximum Gasteiger partial charge on any atom is 0.287 e. The number of hydrogen-bond donors (Lipinski definition) is 2. The van der Waals surface area contributed by atoms with Gasteiger partial charge in [0.05, 0.1) is 24.7 Å². The molecule has 0 aliphatic heterocycles. The first-order valence-corrected chi connectivity index (χ1v) is 8.41. The van der Waals surface area contributed by atoms with Gasteiger partial charge in [-0.1, -0.05) is 0 Å². The molecule has 0 unspecified atom stereocenters. The Hall–Kier alpha value is -2.46. The van der Waals surface area contributed by atoms with Gasteiger partial charge < -0.3 is 19.8 Å². The predicted octanol–water partition coefficient (Wildman–Crippen LogP) is 1.67. The van der Waals surface area contributed by atoms with Gasteiger partial charge in [0.15, 0.2) is 16.1 Å². The van der Waals surface area contributed by atoms with Crippen LogP contribution in [-0.4, -0.2) is 52.5 Å². The Balaban J connectivity index is 1.62. The topological polar surface area (TPSA) is 107 Å². The molecule has 9 nitrogen and oxygen atoms in total. The summed E-state index contributed by atoms with van der Waals surface area (Å²) >= 11 is 3.17. The van der Waals surface area contributed by atoms with Gasteiger partial charge in [-0.15, -0.1) is 0 Å². The first-order chi connectivity index (χ1) is 12.2. The van der Waals surface area contributed by atoms with Gasteiger partial charge in [-0.05, 0) is 28.1 Å². The molecule has 0 saturated heterocycles. The van der Waals surface area contributed by atoms with Crippen molar-refractivity contribution in [2.24, 2.45) is 0 Å². The summed E-state index contributed by atoms with van der Waals surface area (Å²) in [6.45, 7) is 2.09. The third-order valence-corrected chi connectivity index (χ3v) is 3.86. The molecule has 0 saturated carbocycles. The molecule has 0 atom stereocenters. The molecule has 3 aromatic rings. The SMILES string of the molecule is COCCNc1ncnc2c1cnn2CCNC(=O)c1ccc(Br)o1. The third kappa shape index (κ3) is 4.15. The Labute approximate surface area is 151 Å². The first-order valence-electron chi connectivity index (χ1n) is 7.62. The van der Waals surface area contributed by atoms with Crippen LogP contribution in [0.4, 0.5) is 5.82 Å². The minimum Gasteiger partial charge on any atom is -0.444 e. The van der Waals surface area contributed by atoms with Crippen molar-refractivity contribution in [3.8, 4) is 0 Å². The maximum atomic E-state index is 11.9. The molecule has 1 amide bonds. The number of rotatable bonds is 8. The predicted molar refractivity (Wildman–Crippen MR) is 94.4 cm³/mol. The standard InChI is InChI=1S/C15H17BrN6O3/c1-24-7-5-17-13-10-8-21-22(14(10)20-9-19-13)6-4-18-15(23)11-2-3-12(16)25-11/h2-3,8-9H,4-7H2,1H3,(H,18,23)(H,17,19,20). The monoisotopic (exact) mass is 408 g/mol. The number of halogens is 1. The molecule has 0 bridgehead atoms. The molecule has 0 fully saturated rings. The van der Waals surface area contributed by atoms with Crippen LogP contribution in [0.5, 0.6) is 0 Å². The van der Waals surface area contributed by atoms with Crippen LogP contribution in [0.15, 0.2) is 33.7 Å². The summed E-state index contributed by atoms with van der Waals surface area (Å²) in [6.07, 6.45) is 3.19. The van der Waals surface area contributed by atoms with Crippen LogP contribution in [0.2, 0.25) is 0 Å². The summed E-state index contributed by atoms with van der Waals surface area (Å²) in [5, 5.41) is 11.1. The molecule has 0 aromatic carbocycles. The quantitative estimate of drug-likeness (QED) is 0.545. The summed E-state index contributed by atoms with van der Waals surface area (Å²) in [6, 6.07) is 3.28. The lowest BCUT2D eigenvalue weighted by molar-refractivity contribution is 0.0923. The van der Waals surface area contributed by atoms with Crippen molar-refractivity contribution in [1.82, 2.24) is 25.1 Å². The van der Waals surface area contributed by atoms with E-state index >= 15 is 0 Å². The minimum atomic E-state index is -0.279. The van der Waals surface area contributed by atoms with Crippen molar-refractivity contribution in [2.75, 3.05) is 32.1 Å². The van der Waals surface area contributed by atoms with Crippen molar-refractivity contribution in [2.45, 2.75) is 6.54 Å². The zero-order valence-corrected chi connectivity index (χ0v) is 15.1. The third-order valence-electron chi connectivity index (χ3n) is 3.44. The summed E-state index contributed by atoms with van der Waals surface area (Å²) in [4.78, 5) is 20.4. The van der Waals surface area contributed by atoms with Gasteiger partial charge in [0.2, 0.25) is 0 Å². The summed E-state index contributed by atoms with van der Waals surface area (Å²) in [5.41, 5.74) is 0.699. The van der Waals surface area contributed by atoms with E-state index in [1.165, 1.54) is 6.33 Å². The Morgan fingerprint density at radius 3 is 3.00 bits per heavy atom. The van der Waals surface area contributed by atoms with Crippen molar-refractivity contribution >= 4 is 38.7 Å². The van der Waals surface area contributed by atoms with Gasteiger partial charge in [-0.2, -0.15) is 5.10 Å². The van der Waals surface area contributed by atoms with E-state index in [0.717, 1.165) is 5.39 Å². The smallest absolute Gasteiger partial charge is 0.287 e. The normalized spacial score (nSPS) is 11.0. The fourth-order valence-corrected chi connectivity index (χ4v) is 2.57. The largest absolute Gasteiger partial charge is 0.444 e. The molecular weight excluding hydrogens is 392 g/mol. The molecule has 2 N–H and O–H groups in total. The van der Waals surface area contributed by atoms with Crippen LogP contribution in [-0.2, 0) is 11.3 Å². The second kappa shape index (κ2) is 8.08. The lowest BCUT2D eigenvalue weighted by atomic mass is 10.4. The van der Waals surface area contributed by atoms with E-state index in [-0.39, 0.29) is 11.7 Å². The lowest BCUT2D eigenvalue weighted by Gasteiger charge is -2.07. The zero-order chi connectivity index (χ0) is 17.6. The number of aromatic nitrogens is 4. The molecule has 0 aliphatic rings. The molecule has 3 heterocycles. The second-order valence-corrected chi connectivity index (χ2v) is 5.89. The number of carbonyl (C=O) groups is 1. The second-order valence-electron chi connectivity index (χ2n) is 5.11. The fraction of sp³-hybridized carbons (Fsp3) is 0.333. The Morgan fingerprint density at radius 2 is 2.24 bits per heavy atom. The van der Waals surface area contributed by atoms with Gasteiger partial charge in [0.1, 0.15) is 12.1 Å². The zero-order valence-electron chi connectivity index (χ0n) is 13.5.